The number of carbonyl (C=O) groups is 1. The van der Waals surface area contributed by atoms with Crippen molar-refractivity contribution in [3.8, 4) is 0 Å². The number of amides is 1. The molecule has 1 amide bonds. The topological polar surface area (TPSA) is 64.2 Å². The van der Waals surface area contributed by atoms with Crippen molar-refractivity contribution in [1.82, 2.24) is 19.6 Å². The predicted octanol–water partition coefficient (Wildman–Crippen LogP) is 3.18. The fourth-order valence-electron chi connectivity index (χ4n) is 3.51. The number of likely N-dealkylation sites (tertiary alicyclic amines) is 1. The average molecular weight is 330 g/mol. The zero-order valence-electron chi connectivity index (χ0n) is 14.6. The molecule has 0 bridgehead atoms. The Morgan fingerprint density at radius 1 is 1.38 bits per heavy atom. The Morgan fingerprint density at radius 2 is 2.25 bits per heavy atom. The van der Waals surface area contributed by atoms with Crippen molar-refractivity contribution in [1.29, 1.82) is 0 Å². The Morgan fingerprint density at radius 3 is 2.96 bits per heavy atom. The highest BCUT2D eigenvalue weighted by atomic mass is 16.5. The van der Waals surface area contributed by atoms with Crippen LogP contribution in [0.15, 0.2) is 22.9 Å². The van der Waals surface area contributed by atoms with Crippen molar-refractivity contribution < 1.29 is 9.32 Å². The van der Waals surface area contributed by atoms with Crippen molar-refractivity contribution in [3.05, 3.63) is 35.7 Å². The average Bonchev–Trinajstić information content (AvgIpc) is 3.08. The third-order valence-electron chi connectivity index (χ3n) is 4.75. The fourth-order valence-corrected chi connectivity index (χ4v) is 3.51. The van der Waals surface area contributed by atoms with Crippen LogP contribution in [0.1, 0.15) is 62.0 Å². The summed E-state index contributed by atoms with van der Waals surface area (Å²) in [5.41, 5.74) is 1.23. The van der Waals surface area contributed by atoms with Gasteiger partial charge in [-0.1, -0.05) is 18.0 Å². The van der Waals surface area contributed by atoms with Crippen LogP contribution < -0.4 is 0 Å². The summed E-state index contributed by atoms with van der Waals surface area (Å²) in [6, 6.07) is 4.39. The summed E-state index contributed by atoms with van der Waals surface area (Å²) in [6.07, 6.45) is 8.52. The van der Waals surface area contributed by atoms with Gasteiger partial charge in [-0.15, -0.1) is 0 Å². The zero-order valence-corrected chi connectivity index (χ0v) is 14.6. The summed E-state index contributed by atoms with van der Waals surface area (Å²) in [6.45, 7) is 2.66. The quantitative estimate of drug-likeness (QED) is 0.844. The molecule has 2 aromatic rings. The minimum atomic E-state index is 0.200. The standard InChI is InChI=1S/C18H26N4O2/c1-14-19-17(24-20-14)10-6-11-18(23)22-13-5-3-4-8-16(22)15-9-7-12-21(15)2/h7,9,12,16H,3-6,8,10-11,13H2,1-2H3. The highest BCUT2D eigenvalue weighted by molar-refractivity contribution is 5.76. The lowest BCUT2D eigenvalue weighted by atomic mass is 10.1. The first-order chi connectivity index (χ1) is 11.6. The van der Waals surface area contributed by atoms with Gasteiger partial charge in [-0.2, -0.15) is 4.98 Å². The van der Waals surface area contributed by atoms with Crippen molar-refractivity contribution in [2.75, 3.05) is 6.54 Å². The van der Waals surface area contributed by atoms with Gasteiger partial charge in [-0.05, 0) is 38.3 Å². The van der Waals surface area contributed by atoms with E-state index in [1.54, 1.807) is 6.92 Å². The highest BCUT2D eigenvalue weighted by Gasteiger charge is 2.27. The van der Waals surface area contributed by atoms with Gasteiger partial charge >= 0.3 is 0 Å². The number of aryl methyl sites for hydroxylation is 3. The first-order valence-corrected chi connectivity index (χ1v) is 8.85. The molecule has 0 aliphatic carbocycles. The van der Waals surface area contributed by atoms with Crippen molar-refractivity contribution in [2.45, 2.75) is 57.9 Å². The van der Waals surface area contributed by atoms with Crippen LogP contribution in [0.4, 0.5) is 0 Å². The molecule has 24 heavy (non-hydrogen) atoms. The molecule has 0 radical (unpaired) electrons. The summed E-state index contributed by atoms with van der Waals surface area (Å²) in [5.74, 6) is 1.50. The van der Waals surface area contributed by atoms with Crippen LogP contribution in [0.25, 0.3) is 0 Å². The van der Waals surface area contributed by atoms with E-state index in [1.807, 2.05) is 0 Å². The number of hydrogen-bond donors (Lipinski definition) is 0. The van der Waals surface area contributed by atoms with Crippen LogP contribution in [-0.4, -0.2) is 32.1 Å². The molecule has 1 fully saturated rings. The molecular formula is C18H26N4O2. The van der Waals surface area contributed by atoms with Crippen LogP contribution in [-0.2, 0) is 18.3 Å². The molecule has 1 aliphatic rings. The molecule has 1 aliphatic heterocycles. The molecule has 2 aromatic heterocycles. The van der Waals surface area contributed by atoms with E-state index in [-0.39, 0.29) is 11.9 Å². The van der Waals surface area contributed by atoms with Crippen molar-refractivity contribution >= 4 is 5.91 Å². The number of carbonyl (C=O) groups excluding carboxylic acids is 1. The molecule has 6 nitrogen and oxygen atoms in total. The molecule has 1 atom stereocenters. The second-order valence-corrected chi connectivity index (χ2v) is 6.59. The number of nitrogens with zero attached hydrogens (tertiary/aromatic N) is 4. The Kier molecular flexibility index (Phi) is 5.33. The lowest BCUT2D eigenvalue weighted by Gasteiger charge is -2.30. The van der Waals surface area contributed by atoms with Crippen LogP contribution in [0.3, 0.4) is 0 Å². The van der Waals surface area contributed by atoms with Gasteiger partial charge in [0.05, 0.1) is 6.04 Å². The van der Waals surface area contributed by atoms with Crippen molar-refractivity contribution in [3.63, 3.8) is 0 Å². The minimum Gasteiger partial charge on any atom is -0.353 e. The van der Waals surface area contributed by atoms with Crippen LogP contribution in [0.2, 0.25) is 0 Å². The Hall–Kier alpha value is -2.11. The molecule has 0 N–H and O–H groups in total. The monoisotopic (exact) mass is 330 g/mol. The molecule has 1 unspecified atom stereocenters. The third-order valence-corrected chi connectivity index (χ3v) is 4.75. The van der Waals surface area contributed by atoms with Gasteiger partial charge in [0, 0.05) is 38.3 Å². The van der Waals surface area contributed by atoms with E-state index in [4.69, 9.17) is 4.52 Å². The maximum Gasteiger partial charge on any atom is 0.226 e. The van der Waals surface area contributed by atoms with Crippen molar-refractivity contribution in [2.24, 2.45) is 7.05 Å². The molecule has 0 saturated carbocycles. The SMILES string of the molecule is Cc1noc(CCCC(=O)N2CCCCCC2c2cccn2C)n1. The first-order valence-electron chi connectivity index (χ1n) is 8.85. The summed E-state index contributed by atoms with van der Waals surface area (Å²) >= 11 is 0. The summed E-state index contributed by atoms with van der Waals surface area (Å²) in [4.78, 5) is 19.1. The lowest BCUT2D eigenvalue weighted by Crippen LogP contribution is -2.35. The third kappa shape index (κ3) is 3.86. The normalized spacial score (nSPS) is 18.6. The minimum absolute atomic E-state index is 0.200. The van der Waals surface area contributed by atoms with E-state index in [2.05, 4.69) is 45.0 Å². The predicted molar refractivity (Wildman–Crippen MR) is 90.3 cm³/mol. The van der Waals surface area contributed by atoms with E-state index in [9.17, 15) is 4.79 Å². The molecule has 3 rings (SSSR count). The molecular weight excluding hydrogens is 304 g/mol. The fraction of sp³-hybridized carbons (Fsp3) is 0.611. The molecule has 0 spiro atoms. The molecule has 6 heteroatoms. The van der Waals surface area contributed by atoms with Gasteiger partial charge in [0.1, 0.15) is 0 Å². The van der Waals surface area contributed by atoms with Crippen LogP contribution in [0.5, 0.6) is 0 Å². The van der Waals surface area contributed by atoms with Gasteiger partial charge < -0.3 is 14.0 Å². The molecule has 3 heterocycles. The Bertz CT molecular complexity index is 676. The van der Waals surface area contributed by atoms with Gasteiger partial charge in [0.15, 0.2) is 5.82 Å². The highest BCUT2D eigenvalue weighted by Crippen LogP contribution is 2.30. The lowest BCUT2D eigenvalue weighted by molar-refractivity contribution is -0.133. The van der Waals surface area contributed by atoms with E-state index < -0.39 is 0 Å². The second kappa shape index (κ2) is 7.64. The van der Waals surface area contributed by atoms with Crippen LogP contribution in [0, 0.1) is 6.92 Å². The van der Waals surface area contributed by atoms with E-state index in [0.717, 1.165) is 25.8 Å². The number of rotatable bonds is 5. The van der Waals surface area contributed by atoms with Gasteiger partial charge in [-0.3, -0.25) is 4.79 Å². The van der Waals surface area contributed by atoms with E-state index >= 15 is 0 Å². The van der Waals surface area contributed by atoms with Crippen LogP contribution >= 0.6 is 0 Å². The summed E-state index contributed by atoms with van der Waals surface area (Å²) < 4.78 is 7.25. The van der Waals surface area contributed by atoms with E-state index in [1.165, 1.54) is 18.5 Å². The molecule has 130 valence electrons. The summed E-state index contributed by atoms with van der Waals surface area (Å²) in [5, 5.41) is 3.79. The Labute approximate surface area is 142 Å². The smallest absolute Gasteiger partial charge is 0.226 e. The summed E-state index contributed by atoms with van der Waals surface area (Å²) in [7, 11) is 2.06. The number of hydrogen-bond acceptors (Lipinski definition) is 4. The van der Waals surface area contributed by atoms with Gasteiger partial charge in [0.25, 0.3) is 0 Å². The van der Waals surface area contributed by atoms with Gasteiger partial charge in [-0.25, -0.2) is 0 Å². The van der Waals surface area contributed by atoms with Gasteiger partial charge in [0.2, 0.25) is 11.8 Å². The number of aromatic nitrogens is 3. The molecule has 1 saturated heterocycles. The second-order valence-electron chi connectivity index (χ2n) is 6.59. The maximum atomic E-state index is 12.8. The zero-order chi connectivity index (χ0) is 16.9. The van der Waals surface area contributed by atoms with E-state index in [0.29, 0.717) is 24.6 Å². The molecule has 0 aromatic carbocycles. The maximum absolute atomic E-state index is 12.8. The largest absolute Gasteiger partial charge is 0.353 e. The first kappa shape index (κ1) is 16.7. The Balaban J connectivity index is 1.62.